The minimum Gasteiger partial charge on any atom is -0.478 e. The summed E-state index contributed by atoms with van der Waals surface area (Å²) < 4.78 is 0. The SMILES string of the molecule is CCCCCCCCC(=O)Nc1cc(C(=O)O)ccc1C. The molecule has 1 amide bonds. The molecule has 0 heterocycles. The van der Waals surface area contributed by atoms with Crippen molar-refractivity contribution in [2.75, 3.05) is 5.32 Å². The molecule has 0 aromatic heterocycles. The number of aryl methyl sites for hydroxylation is 1. The Morgan fingerprint density at radius 2 is 1.76 bits per heavy atom. The number of amides is 1. The van der Waals surface area contributed by atoms with Gasteiger partial charge in [0, 0.05) is 12.1 Å². The topological polar surface area (TPSA) is 66.4 Å². The van der Waals surface area contributed by atoms with Crippen LogP contribution < -0.4 is 5.32 Å². The highest BCUT2D eigenvalue weighted by molar-refractivity contribution is 5.94. The Morgan fingerprint density at radius 3 is 2.43 bits per heavy atom. The minimum atomic E-state index is -0.985. The van der Waals surface area contributed by atoms with Gasteiger partial charge < -0.3 is 10.4 Å². The highest BCUT2D eigenvalue weighted by Gasteiger charge is 2.08. The highest BCUT2D eigenvalue weighted by atomic mass is 16.4. The van der Waals surface area contributed by atoms with E-state index < -0.39 is 5.97 Å². The fraction of sp³-hybridized carbons (Fsp3) is 0.529. The normalized spacial score (nSPS) is 10.4. The lowest BCUT2D eigenvalue weighted by Crippen LogP contribution is -2.12. The molecule has 0 aliphatic rings. The summed E-state index contributed by atoms with van der Waals surface area (Å²) in [5.41, 5.74) is 1.65. The van der Waals surface area contributed by atoms with Crippen LogP contribution in [0.5, 0.6) is 0 Å². The summed E-state index contributed by atoms with van der Waals surface area (Å²) in [4.78, 5) is 22.8. The van der Waals surface area contributed by atoms with Gasteiger partial charge in [-0.2, -0.15) is 0 Å². The Hall–Kier alpha value is -1.84. The summed E-state index contributed by atoms with van der Waals surface area (Å²) in [6.45, 7) is 4.03. The van der Waals surface area contributed by atoms with Crippen molar-refractivity contribution in [3.05, 3.63) is 29.3 Å². The minimum absolute atomic E-state index is 0.0452. The fourth-order valence-electron chi connectivity index (χ4n) is 2.17. The zero-order valence-electron chi connectivity index (χ0n) is 12.9. The van der Waals surface area contributed by atoms with E-state index in [1.165, 1.54) is 31.7 Å². The molecule has 0 saturated heterocycles. The van der Waals surface area contributed by atoms with Crippen LogP contribution >= 0.6 is 0 Å². The standard InChI is InChI=1S/C17H25NO3/c1-3-4-5-6-7-8-9-16(19)18-15-12-14(17(20)21)11-10-13(15)2/h10-12H,3-9H2,1-2H3,(H,18,19)(H,20,21). The van der Waals surface area contributed by atoms with Crippen molar-refractivity contribution < 1.29 is 14.7 Å². The number of benzene rings is 1. The molecular weight excluding hydrogens is 266 g/mol. The molecule has 116 valence electrons. The molecule has 0 unspecified atom stereocenters. The summed E-state index contributed by atoms with van der Waals surface area (Å²) in [6, 6.07) is 4.77. The maximum atomic E-state index is 11.9. The molecule has 0 radical (unpaired) electrons. The third-order valence-corrected chi connectivity index (χ3v) is 3.52. The third kappa shape index (κ3) is 6.43. The van der Waals surface area contributed by atoms with Gasteiger partial charge >= 0.3 is 5.97 Å². The van der Waals surface area contributed by atoms with Crippen molar-refractivity contribution >= 4 is 17.6 Å². The second-order valence-electron chi connectivity index (χ2n) is 5.40. The lowest BCUT2D eigenvalue weighted by atomic mass is 10.1. The first-order chi connectivity index (χ1) is 10.0. The van der Waals surface area contributed by atoms with Crippen LogP contribution in [-0.2, 0) is 4.79 Å². The monoisotopic (exact) mass is 291 g/mol. The smallest absolute Gasteiger partial charge is 0.335 e. The first-order valence-electron chi connectivity index (χ1n) is 7.68. The average Bonchev–Trinajstić information content (AvgIpc) is 2.44. The summed E-state index contributed by atoms with van der Waals surface area (Å²) >= 11 is 0. The van der Waals surface area contributed by atoms with E-state index in [0.717, 1.165) is 18.4 Å². The first-order valence-corrected chi connectivity index (χ1v) is 7.68. The highest BCUT2D eigenvalue weighted by Crippen LogP contribution is 2.18. The number of nitrogens with one attached hydrogen (secondary N) is 1. The molecule has 1 aromatic rings. The van der Waals surface area contributed by atoms with Gasteiger partial charge in [-0.1, -0.05) is 45.1 Å². The molecule has 4 nitrogen and oxygen atoms in total. The van der Waals surface area contributed by atoms with Gasteiger partial charge in [0.05, 0.1) is 5.56 Å². The van der Waals surface area contributed by atoms with Gasteiger partial charge in [-0.3, -0.25) is 4.79 Å². The van der Waals surface area contributed by atoms with E-state index in [1.54, 1.807) is 12.1 Å². The number of unbranched alkanes of at least 4 members (excludes halogenated alkanes) is 5. The number of hydrogen-bond donors (Lipinski definition) is 2. The van der Waals surface area contributed by atoms with Gasteiger partial charge in [-0.25, -0.2) is 4.79 Å². The van der Waals surface area contributed by atoms with Crippen molar-refractivity contribution in [1.82, 2.24) is 0 Å². The molecule has 0 spiro atoms. The predicted molar refractivity (Wildman–Crippen MR) is 84.8 cm³/mol. The van der Waals surface area contributed by atoms with Crippen LogP contribution in [-0.4, -0.2) is 17.0 Å². The number of carbonyl (C=O) groups excluding carboxylic acids is 1. The molecule has 0 atom stereocenters. The van der Waals surface area contributed by atoms with Crippen LogP contribution in [0.25, 0.3) is 0 Å². The van der Waals surface area contributed by atoms with Crippen molar-refractivity contribution in [2.24, 2.45) is 0 Å². The quantitative estimate of drug-likeness (QED) is 0.663. The largest absolute Gasteiger partial charge is 0.478 e. The van der Waals surface area contributed by atoms with E-state index in [0.29, 0.717) is 12.1 Å². The molecule has 1 rings (SSSR count). The predicted octanol–water partition coefficient (Wildman–Crippen LogP) is 4.38. The average molecular weight is 291 g/mol. The molecule has 1 aromatic carbocycles. The number of rotatable bonds is 9. The van der Waals surface area contributed by atoms with Gasteiger partial charge in [0.2, 0.25) is 5.91 Å². The molecule has 0 bridgehead atoms. The zero-order valence-corrected chi connectivity index (χ0v) is 12.9. The van der Waals surface area contributed by atoms with Crippen LogP contribution in [0.3, 0.4) is 0 Å². The van der Waals surface area contributed by atoms with Crippen LogP contribution in [0.15, 0.2) is 18.2 Å². The van der Waals surface area contributed by atoms with E-state index in [-0.39, 0.29) is 11.5 Å². The second-order valence-corrected chi connectivity index (χ2v) is 5.40. The summed E-state index contributed by atoms with van der Waals surface area (Å²) in [7, 11) is 0. The van der Waals surface area contributed by atoms with Gasteiger partial charge in [0.25, 0.3) is 0 Å². The number of hydrogen-bond acceptors (Lipinski definition) is 2. The molecule has 0 saturated carbocycles. The zero-order chi connectivity index (χ0) is 15.7. The van der Waals surface area contributed by atoms with E-state index in [9.17, 15) is 9.59 Å². The van der Waals surface area contributed by atoms with E-state index in [1.807, 2.05) is 6.92 Å². The maximum Gasteiger partial charge on any atom is 0.335 e. The van der Waals surface area contributed by atoms with Crippen molar-refractivity contribution in [3.8, 4) is 0 Å². The molecule has 21 heavy (non-hydrogen) atoms. The molecule has 4 heteroatoms. The number of carboxylic acid groups (broad SMARTS) is 1. The fourth-order valence-corrected chi connectivity index (χ4v) is 2.17. The molecule has 0 aliphatic carbocycles. The number of aromatic carboxylic acids is 1. The van der Waals surface area contributed by atoms with Crippen LogP contribution in [0.1, 0.15) is 67.8 Å². The third-order valence-electron chi connectivity index (χ3n) is 3.52. The van der Waals surface area contributed by atoms with Crippen LogP contribution in [0, 0.1) is 6.92 Å². The van der Waals surface area contributed by atoms with Gasteiger partial charge in [0.15, 0.2) is 0 Å². The molecule has 2 N–H and O–H groups in total. The maximum absolute atomic E-state index is 11.9. The van der Waals surface area contributed by atoms with Gasteiger partial charge in [-0.15, -0.1) is 0 Å². The Morgan fingerprint density at radius 1 is 1.10 bits per heavy atom. The Balaban J connectivity index is 2.40. The second kappa shape index (κ2) is 9.16. The summed E-state index contributed by atoms with van der Waals surface area (Å²) in [5, 5.41) is 11.8. The van der Waals surface area contributed by atoms with Crippen LogP contribution in [0.4, 0.5) is 5.69 Å². The lowest BCUT2D eigenvalue weighted by molar-refractivity contribution is -0.116. The van der Waals surface area contributed by atoms with E-state index >= 15 is 0 Å². The van der Waals surface area contributed by atoms with E-state index in [4.69, 9.17) is 5.11 Å². The van der Waals surface area contributed by atoms with Gasteiger partial charge in [-0.05, 0) is 31.0 Å². The first kappa shape index (κ1) is 17.2. The van der Waals surface area contributed by atoms with Gasteiger partial charge in [0.1, 0.15) is 0 Å². The van der Waals surface area contributed by atoms with Crippen LogP contribution in [0.2, 0.25) is 0 Å². The molecule has 0 fully saturated rings. The summed E-state index contributed by atoms with van der Waals surface area (Å²) in [5.74, 6) is -1.03. The molecule has 0 aliphatic heterocycles. The molecular formula is C17H25NO3. The van der Waals surface area contributed by atoms with Crippen molar-refractivity contribution in [2.45, 2.75) is 58.8 Å². The Labute approximate surface area is 126 Å². The van der Waals surface area contributed by atoms with Crippen molar-refractivity contribution in [1.29, 1.82) is 0 Å². The van der Waals surface area contributed by atoms with Crippen molar-refractivity contribution in [3.63, 3.8) is 0 Å². The lowest BCUT2D eigenvalue weighted by Gasteiger charge is -2.09. The number of carbonyl (C=O) groups is 2. The van der Waals surface area contributed by atoms with E-state index in [2.05, 4.69) is 12.2 Å². The summed E-state index contributed by atoms with van der Waals surface area (Å²) in [6.07, 6.45) is 7.33. The number of anilines is 1. The Kier molecular flexibility index (Phi) is 7.51. The number of carboxylic acids is 1. The Bertz CT molecular complexity index is 483.